The monoisotopic (exact) mass is 282 g/mol. The number of hydrogen-bond donors (Lipinski definition) is 1. The van der Waals surface area contributed by atoms with Gasteiger partial charge in [0.2, 0.25) is 0 Å². The van der Waals surface area contributed by atoms with E-state index in [4.69, 9.17) is 4.74 Å². The Hall–Kier alpha value is -0.910. The zero-order valence-electron chi connectivity index (χ0n) is 10.7. The molecule has 0 amide bonds. The average Bonchev–Trinajstić information content (AvgIpc) is 2.84. The number of ether oxygens (including phenoxy) is 1. The first-order valence-corrected chi connectivity index (χ1v) is 8.38. The highest BCUT2D eigenvalue weighted by molar-refractivity contribution is 7.92. The van der Waals surface area contributed by atoms with Gasteiger partial charge in [0.1, 0.15) is 0 Å². The van der Waals surface area contributed by atoms with Crippen molar-refractivity contribution in [2.45, 2.75) is 43.8 Å². The van der Waals surface area contributed by atoms with Crippen molar-refractivity contribution >= 4 is 9.84 Å². The summed E-state index contributed by atoms with van der Waals surface area (Å²) in [6.07, 6.45) is 1.21. The third kappa shape index (κ3) is 2.42. The summed E-state index contributed by atoms with van der Waals surface area (Å²) in [5.41, 5.74) is 2.88. The van der Waals surface area contributed by atoms with E-state index in [1.165, 1.54) is 0 Å². The Morgan fingerprint density at radius 3 is 2.79 bits per heavy atom. The molecule has 2 aliphatic rings. The standard InChI is InChI=1S/C14H18O4S/c15-14(13-3-1-2-6-19(13,16)17)10-4-5-11-8-18-9-12(11)7-10/h4-5,7,13-15H,1-3,6,8-9H2. The van der Waals surface area contributed by atoms with Crippen molar-refractivity contribution in [3.63, 3.8) is 0 Å². The lowest BCUT2D eigenvalue weighted by Gasteiger charge is -2.27. The topological polar surface area (TPSA) is 63.6 Å². The maximum Gasteiger partial charge on any atom is 0.156 e. The molecule has 0 bridgehead atoms. The lowest BCUT2D eigenvalue weighted by molar-refractivity contribution is 0.134. The number of sulfone groups is 1. The average molecular weight is 282 g/mol. The molecule has 0 radical (unpaired) electrons. The van der Waals surface area contributed by atoms with E-state index >= 15 is 0 Å². The molecule has 2 heterocycles. The van der Waals surface area contributed by atoms with Crippen LogP contribution in [0.1, 0.15) is 42.1 Å². The molecule has 104 valence electrons. The fourth-order valence-corrected chi connectivity index (χ4v) is 4.91. The molecule has 0 aromatic heterocycles. The van der Waals surface area contributed by atoms with Crippen LogP contribution in [0.5, 0.6) is 0 Å². The van der Waals surface area contributed by atoms with Gasteiger partial charge in [0.15, 0.2) is 9.84 Å². The minimum Gasteiger partial charge on any atom is -0.387 e. The van der Waals surface area contributed by atoms with Crippen molar-refractivity contribution in [1.82, 2.24) is 0 Å². The second kappa shape index (κ2) is 4.89. The molecular weight excluding hydrogens is 264 g/mol. The highest BCUT2D eigenvalue weighted by atomic mass is 32.2. The summed E-state index contributed by atoms with van der Waals surface area (Å²) < 4.78 is 29.4. The zero-order chi connectivity index (χ0) is 13.5. The molecule has 0 aliphatic carbocycles. The molecule has 1 N–H and O–H groups in total. The van der Waals surface area contributed by atoms with Gasteiger partial charge in [0, 0.05) is 0 Å². The molecule has 4 nitrogen and oxygen atoms in total. The summed E-state index contributed by atoms with van der Waals surface area (Å²) >= 11 is 0. The zero-order valence-corrected chi connectivity index (χ0v) is 11.5. The summed E-state index contributed by atoms with van der Waals surface area (Å²) in [6.45, 7) is 1.15. The number of aliphatic hydroxyl groups excluding tert-OH is 1. The van der Waals surface area contributed by atoms with Crippen molar-refractivity contribution in [3.05, 3.63) is 34.9 Å². The Morgan fingerprint density at radius 1 is 1.21 bits per heavy atom. The van der Waals surface area contributed by atoms with Gasteiger partial charge in [0.05, 0.1) is 30.3 Å². The van der Waals surface area contributed by atoms with E-state index in [1.807, 2.05) is 18.2 Å². The number of aliphatic hydroxyl groups is 1. The molecule has 19 heavy (non-hydrogen) atoms. The lowest BCUT2D eigenvalue weighted by Crippen LogP contribution is -2.33. The molecule has 2 atom stereocenters. The fourth-order valence-electron chi connectivity index (χ4n) is 2.92. The molecule has 5 heteroatoms. The SMILES string of the molecule is O=S1(=O)CCCCC1C(O)c1ccc2c(c1)COC2. The van der Waals surface area contributed by atoms with E-state index in [2.05, 4.69) is 0 Å². The normalized spacial score (nSPS) is 26.9. The highest BCUT2D eigenvalue weighted by Crippen LogP contribution is 2.32. The number of rotatable bonds is 2. The Balaban J connectivity index is 1.89. The summed E-state index contributed by atoms with van der Waals surface area (Å²) in [4.78, 5) is 0. The third-order valence-corrected chi connectivity index (χ3v) is 6.34. The predicted molar refractivity (Wildman–Crippen MR) is 71.3 cm³/mol. The van der Waals surface area contributed by atoms with Gasteiger partial charge in [0.25, 0.3) is 0 Å². The Labute approximate surface area is 113 Å². The molecule has 1 aromatic carbocycles. The molecule has 1 aromatic rings. The van der Waals surface area contributed by atoms with Crippen molar-refractivity contribution in [2.75, 3.05) is 5.75 Å². The van der Waals surface area contributed by atoms with Crippen LogP contribution in [0.2, 0.25) is 0 Å². The predicted octanol–water partition coefficient (Wildman–Crippen LogP) is 1.72. The van der Waals surface area contributed by atoms with Gasteiger partial charge in [-0.05, 0) is 29.5 Å². The second-order valence-corrected chi connectivity index (χ2v) is 7.71. The van der Waals surface area contributed by atoms with Crippen LogP contribution in [0.15, 0.2) is 18.2 Å². The third-order valence-electron chi connectivity index (χ3n) is 4.07. The van der Waals surface area contributed by atoms with Gasteiger partial charge in [-0.1, -0.05) is 24.6 Å². The maximum atomic E-state index is 12.0. The van der Waals surface area contributed by atoms with Crippen LogP contribution in [0.3, 0.4) is 0 Å². The van der Waals surface area contributed by atoms with Gasteiger partial charge < -0.3 is 9.84 Å². The number of benzene rings is 1. The highest BCUT2D eigenvalue weighted by Gasteiger charge is 2.35. The lowest BCUT2D eigenvalue weighted by atomic mass is 9.98. The molecule has 0 saturated carbocycles. The summed E-state index contributed by atoms with van der Waals surface area (Å²) in [6, 6.07) is 5.63. The fraction of sp³-hybridized carbons (Fsp3) is 0.571. The van der Waals surface area contributed by atoms with Gasteiger partial charge in [-0.3, -0.25) is 0 Å². The molecule has 3 rings (SSSR count). The van der Waals surface area contributed by atoms with Crippen LogP contribution >= 0.6 is 0 Å². The molecular formula is C14H18O4S. The maximum absolute atomic E-state index is 12.0. The Kier molecular flexibility index (Phi) is 3.37. The Morgan fingerprint density at radius 2 is 2.00 bits per heavy atom. The minimum atomic E-state index is -3.17. The van der Waals surface area contributed by atoms with Gasteiger partial charge in [-0.2, -0.15) is 0 Å². The largest absolute Gasteiger partial charge is 0.387 e. The van der Waals surface area contributed by atoms with Crippen LogP contribution in [0, 0.1) is 0 Å². The first-order valence-electron chi connectivity index (χ1n) is 6.67. The van der Waals surface area contributed by atoms with Crippen molar-refractivity contribution in [1.29, 1.82) is 0 Å². The molecule has 1 fully saturated rings. The second-order valence-electron chi connectivity index (χ2n) is 5.37. The van der Waals surface area contributed by atoms with Gasteiger partial charge in [-0.15, -0.1) is 0 Å². The summed E-state index contributed by atoms with van der Waals surface area (Å²) in [5.74, 6) is 0.197. The van der Waals surface area contributed by atoms with E-state index in [0.717, 1.165) is 17.5 Å². The number of hydrogen-bond acceptors (Lipinski definition) is 4. The van der Waals surface area contributed by atoms with Crippen LogP contribution in [0.25, 0.3) is 0 Å². The van der Waals surface area contributed by atoms with E-state index in [9.17, 15) is 13.5 Å². The first-order chi connectivity index (χ1) is 9.08. The molecule has 0 spiro atoms. The first kappa shape index (κ1) is 13.1. The van der Waals surface area contributed by atoms with Crippen molar-refractivity contribution < 1.29 is 18.3 Å². The smallest absolute Gasteiger partial charge is 0.156 e. The van der Waals surface area contributed by atoms with E-state index in [-0.39, 0.29) is 5.75 Å². The van der Waals surface area contributed by atoms with Crippen LogP contribution < -0.4 is 0 Å². The van der Waals surface area contributed by atoms with Crippen LogP contribution in [-0.4, -0.2) is 24.5 Å². The van der Waals surface area contributed by atoms with E-state index in [0.29, 0.717) is 31.6 Å². The van der Waals surface area contributed by atoms with Gasteiger partial charge in [-0.25, -0.2) is 8.42 Å². The van der Waals surface area contributed by atoms with E-state index < -0.39 is 21.2 Å². The van der Waals surface area contributed by atoms with Crippen molar-refractivity contribution in [2.24, 2.45) is 0 Å². The quantitative estimate of drug-likeness (QED) is 0.897. The molecule has 2 aliphatic heterocycles. The molecule has 2 unspecified atom stereocenters. The molecule has 1 saturated heterocycles. The van der Waals surface area contributed by atoms with E-state index in [1.54, 1.807) is 0 Å². The van der Waals surface area contributed by atoms with Crippen LogP contribution in [0.4, 0.5) is 0 Å². The van der Waals surface area contributed by atoms with Gasteiger partial charge >= 0.3 is 0 Å². The Bertz CT molecular complexity index is 579. The van der Waals surface area contributed by atoms with Crippen LogP contribution in [-0.2, 0) is 27.8 Å². The van der Waals surface area contributed by atoms with Crippen molar-refractivity contribution in [3.8, 4) is 0 Å². The summed E-state index contributed by atoms with van der Waals surface area (Å²) in [7, 11) is -3.17. The minimum absolute atomic E-state index is 0.197. The number of fused-ring (bicyclic) bond motifs is 1. The summed E-state index contributed by atoms with van der Waals surface area (Å²) in [5, 5.41) is 9.74.